The van der Waals surface area contributed by atoms with Crippen LogP contribution in [0.1, 0.15) is 43.6 Å². The van der Waals surface area contributed by atoms with E-state index < -0.39 is 23.1 Å². The number of aryl methyl sites for hydroxylation is 1. The van der Waals surface area contributed by atoms with Crippen LogP contribution in [0.5, 0.6) is 0 Å². The van der Waals surface area contributed by atoms with Crippen molar-refractivity contribution in [3.05, 3.63) is 77.9 Å². The Bertz CT molecular complexity index is 1140. The first kappa shape index (κ1) is 24.9. The summed E-state index contributed by atoms with van der Waals surface area (Å²) >= 11 is 1.30. The zero-order valence-electron chi connectivity index (χ0n) is 18.6. The highest BCUT2D eigenvalue weighted by Crippen LogP contribution is 2.35. The molecule has 3 aromatic heterocycles. The van der Waals surface area contributed by atoms with Gasteiger partial charge < -0.3 is 9.73 Å². The van der Waals surface area contributed by atoms with Crippen LogP contribution in [0.25, 0.3) is 21.9 Å². The molecule has 32 heavy (non-hydrogen) atoms. The first-order chi connectivity index (χ1) is 15.5. The number of oxazole rings is 1. The van der Waals surface area contributed by atoms with Gasteiger partial charge in [0, 0.05) is 10.4 Å². The van der Waals surface area contributed by atoms with Crippen molar-refractivity contribution in [2.45, 2.75) is 34.6 Å². The third kappa shape index (κ3) is 5.64. The fourth-order valence-electron chi connectivity index (χ4n) is 2.74. The van der Waals surface area contributed by atoms with Gasteiger partial charge in [-0.15, -0.1) is 11.3 Å². The summed E-state index contributed by atoms with van der Waals surface area (Å²) in [7, 11) is 0. The fraction of sp³-hybridized carbons (Fsp3) is 0.208. The molecule has 4 rings (SSSR count). The Morgan fingerprint density at radius 1 is 1.03 bits per heavy atom. The van der Waals surface area contributed by atoms with Gasteiger partial charge in [0.25, 0.3) is 5.91 Å². The van der Waals surface area contributed by atoms with E-state index in [0.717, 1.165) is 34.0 Å². The smallest absolute Gasteiger partial charge is 0.262 e. The summed E-state index contributed by atoms with van der Waals surface area (Å²) in [6, 6.07) is 9.33. The summed E-state index contributed by atoms with van der Waals surface area (Å²) in [6.45, 7) is 9.97. The Balaban J connectivity index is 0.000000860. The molecule has 0 radical (unpaired) electrons. The standard InChI is InChI=1S/C20H13F2N3O2S.2C2H6/c1-11-2-3-12(20-24-6-7-27-20)8-13(11)16-4-5-17(28-16)25-19(26)18-14(21)9-23-10-15(18)22;2*1-2/h2-10H,1H3,(H,25,26);2*1-2H3. The van der Waals surface area contributed by atoms with Crippen LogP contribution >= 0.6 is 11.3 Å². The normalized spacial score (nSPS) is 9.84. The van der Waals surface area contributed by atoms with Gasteiger partial charge in [-0.1, -0.05) is 33.8 Å². The predicted molar refractivity (Wildman–Crippen MR) is 125 cm³/mol. The number of nitrogens with one attached hydrogen (secondary N) is 1. The van der Waals surface area contributed by atoms with Crippen molar-refractivity contribution >= 4 is 22.2 Å². The first-order valence-electron chi connectivity index (χ1n) is 10.2. The molecular weight excluding hydrogens is 432 g/mol. The van der Waals surface area contributed by atoms with E-state index in [4.69, 9.17) is 4.42 Å². The van der Waals surface area contributed by atoms with E-state index in [9.17, 15) is 13.6 Å². The Kier molecular flexibility index (Phi) is 9.22. The average molecular weight is 458 g/mol. The molecule has 0 saturated heterocycles. The maximum atomic E-state index is 13.7. The molecule has 0 fully saturated rings. The molecule has 0 aliphatic heterocycles. The summed E-state index contributed by atoms with van der Waals surface area (Å²) in [5, 5.41) is 3.00. The van der Waals surface area contributed by atoms with Crippen LogP contribution in [-0.4, -0.2) is 15.9 Å². The lowest BCUT2D eigenvalue weighted by Gasteiger charge is -2.06. The number of hydrogen-bond acceptors (Lipinski definition) is 5. The van der Waals surface area contributed by atoms with E-state index in [-0.39, 0.29) is 0 Å². The molecule has 0 unspecified atom stereocenters. The number of thiophene rings is 1. The molecule has 1 aromatic carbocycles. The topological polar surface area (TPSA) is 68.0 Å². The molecule has 0 saturated carbocycles. The number of aromatic nitrogens is 2. The molecule has 0 aliphatic rings. The Hall–Kier alpha value is -3.39. The number of hydrogen-bond donors (Lipinski definition) is 1. The van der Waals surface area contributed by atoms with E-state index in [1.165, 1.54) is 17.6 Å². The number of anilines is 1. The predicted octanol–water partition coefficient (Wildman–Crippen LogP) is 7.36. The highest BCUT2D eigenvalue weighted by atomic mass is 32.1. The van der Waals surface area contributed by atoms with Crippen molar-refractivity contribution in [3.63, 3.8) is 0 Å². The zero-order chi connectivity index (χ0) is 23.7. The molecular formula is C24H25F2N3O2S. The number of halogens is 2. The van der Waals surface area contributed by atoms with Gasteiger partial charge in [0.2, 0.25) is 5.89 Å². The van der Waals surface area contributed by atoms with Gasteiger partial charge in [0.1, 0.15) is 11.8 Å². The molecule has 0 bridgehead atoms. The number of nitrogens with zero attached hydrogens (tertiary/aromatic N) is 2. The second-order valence-corrected chi connectivity index (χ2v) is 7.05. The van der Waals surface area contributed by atoms with E-state index >= 15 is 0 Å². The van der Waals surface area contributed by atoms with Gasteiger partial charge in [0.05, 0.1) is 23.6 Å². The first-order valence-corrected chi connectivity index (χ1v) is 11.1. The minimum absolute atomic E-state index is 0.469. The second-order valence-electron chi connectivity index (χ2n) is 5.96. The van der Waals surface area contributed by atoms with Crippen LogP contribution in [-0.2, 0) is 0 Å². The third-order valence-electron chi connectivity index (χ3n) is 4.11. The van der Waals surface area contributed by atoms with E-state index in [1.54, 1.807) is 12.3 Å². The van der Waals surface area contributed by atoms with Gasteiger partial charge >= 0.3 is 0 Å². The SMILES string of the molecule is CC.CC.Cc1ccc(-c2ncco2)cc1-c1ccc(NC(=O)c2c(F)cncc2F)s1. The summed E-state index contributed by atoms with van der Waals surface area (Å²) in [6.07, 6.45) is 4.68. The van der Waals surface area contributed by atoms with Crippen LogP contribution in [0.4, 0.5) is 13.8 Å². The molecule has 3 heterocycles. The largest absolute Gasteiger partial charge is 0.445 e. The Morgan fingerprint density at radius 3 is 2.34 bits per heavy atom. The number of amides is 1. The molecule has 0 aliphatic carbocycles. The minimum atomic E-state index is -1.01. The average Bonchev–Trinajstić information content (AvgIpc) is 3.49. The maximum Gasteiger partial charge on any atom is 0.262 e. The van der Waals surface area contributed by atoms with Crippen molar-refractivity contribution in [3.8, 4) is 21.9 Å². The number of rotatable bonds is 4. The van der Waals surface area contributed by atoms with Crippen LogP contribution < -0.4 is 5.32 Å². The van der Waals surface area contributed by atoms with Gasteiger partial charge in [-0.2, -0.15) is 0 Å². The molecule has 5 nitrogen and oxygen atoms in total. The molecule has 1 amide bonds. The Labute approximate surface area is 190 Å². The monoisotopic (exact) mass is 457 g/mol. The summed E-state index contributed by atoms with van der Waals surface area (Å²) < 4.78 is 32.8. The summed E-state index contributed by atoms with van der Waals surface area (Å²) in [5.74, 6) is -2.38. The fourth-order valence-corrected chi connectivity index (χ4v) is 3.72. The summed E-state index contributed by atoms with van der Waals surface area (Å²) in [5.41, 5.74) is 2.14. The highest BCUT2D eigenvalue weighted by molar-refractivity contribution is 7.19. The van der Waals surface area contributed by atoms with Crippen LogP contribution in [0.2, 0.25) is 0 Å². The molecule has 168 valence electrons. The van der Waals surface area contributed by atoms with Crippen LogP contribution in [0.15, 0.2) is 59.6 Å². The number of carbonyl (C=O) groups excluding carboxylic acids is 1. The quantitative estimate of drug-likeness (QED) is 0.348. The van der Waals surface area contributed by atoms with Crippen molar-refractivity contribution < 1.29 is 18.0 Å². The molecule has 1 N–H and O–H groups in total. The molecule has 0 atom stereocenters. The zero-order valence-corrected chi connectivity index (χ0v) is 19.4. The number of benzene rings is 1. The Morgan fingerprint density at radius 2 is 1.72 bits per heavy atom. The number of pyridine rings is 1. The van der Waals surface area contributed by atoms with E-state index in [0.29, 0.717) is 10.9 Å². The van der Waals surface area contributed by atoms with Crippen LogP contribution in [0.3, 0.4) is 0 Å². The van der Waals surface area contributed by atoms with Crippen molar-refractivity contribution in [2.24, 2.45) is 0 Å². The highest BCUT2D eigenvalue weighted by Gasteiger charge is 2.19. The van der Waals surface area contributed by atoms with Gasteiger partial charge in [-0.3, -0.25) is 9.78 Å². The van der Waals surface area contributed by atoms with Crippen molar-refractivity contribution in [1.82, 2.24) is 9.97 Å². The lowest BCUT2D eigenvalue weighted by atomic mass is 10.0. The van der Waals surface area contributed by atoms with Gasteiger partial charge in [-0.05, 0) is 42.3 Å². The maximum absolute atomic E-state index is 13.7. The lowest BCUT2D eigenvalue weighted by molar-refractivity contribution is 0.101. The number of carbonyl (C=O) groups is 1. The third-order valence-corrected chi connectivity index (χ3v) is 5.14. The molecule has 0 spiro atoms. The van der Waals surface area contributed by atoms with E-state index in [1.807, 2.05) is 58.9 Å². The van der Waals surface area contributed by atoms with Gasteiger partial charge in [0.15, 0.2) is 11.6 Å². The van der Waals surface area contributed by atoms with E-state index in [2.05, 4.69) is 15.3 Å². The second kappa shape index (κ2) is 11.9. The summed E-state index contributed by atoms with van der Waals surface area (Å²) in [4.78, 5) is 20.7. The molecule has 4 aromatic rings. The molecule has 8 heteroatoms. The lowest BCUT2D eigenvalue weighted by Crippen LogP contribution is -2.15. The minimum Gasteiger partial charge on any atom is -0.445 e. The van der Waals surface area contributed by atoms with Crippen LogP contribution in [0, 0.1) is 18.6 Å². The van der Waals surface area contributed by atoms with Crippen molar-refractivity contribution in [1.29, 1.82) is 0 Å². The van der Waals surface area contributed by atoms with Crippen molar-refractivity contribution in [2.75, 3.05) is 5.32 Å². The van der Waals surface area contributed by atoms with Gasteiger partial charge in [-0.25, -0.2) is 13.8 Å².